The normalized spacial score (nSPS) is 17.8. The van der Waals surface area contributed by atoms with Crippen LogP contribution in [0.2, 0.25) is 0 Å². The van der Waals surface area contributed by atoms with Crippen molar-refractivity contribution in [2.45, 2.75) is 25.9 Å². The molecule has 0 bridgehead atoms. The van der Waals surface area contributed by atoms with Crippen LogP contribution in [-0.4, -0.2) is 12.6 Å². The first-order valence-corrected chi connectivity index (χ1v) is 4.60. The van der Waals surface area contributed by atoms with Crippen molar-refractivity contribution in [1.29, 1.82) is 0 Å². The van der Waals surface area contributed by atoms with Crippen molar-refractivity contribution in [1.82, 2.24) is 0 Å². The molecule has 1 heterocycles. The number of ether oxygens (including phenoxy) is 1. The Hall–Kier alpha value is -1.18. The summed E-state index contributed by atoms with van der Waals surface area (Å²) in [7, 11) is 1.93. The van der Waals surface area contributed by atoms with Gasteiger partial charge in [-0.2, -0.15) is 0 Å². The van der Waals surface area contributed by atoms with Gasteiger partial charge in [0.05, 0.1) is 0 Å². The zero-order valence-corrected chi connectivity index (χ0v) is 8.35. The molecule has 1 aliphatic rings. The zero-order valence-electron chi connectivity index (χ0n) is 8.35. The van der Waals surface area contributed by atoms with E-state index in [9.17, 15) is 0 Å². The van der Waals surface area contributed by atoms with E-state index in [1.165, 1.54) is 5.56 Å². The van der Waals surface area contributed by atoms with Gasteiger partial charge in [-0.3, -0.25) is 0 Å². The molecule has 1 aromatic rings. The van der Waals surface area contributed by atoms with Crippen molar-refractivity contribution in [2.24, 2.45) is 0 Å². The smallest absolute Gasteiger partial charge is 0.123 e. The van der Waals surface area contributed by atoms with Crippen LogP contribution in [0, 0.1) is 0 Å². The molecule has 0 amide bonds. The minimum Gasteiger partial charge on any atom is -0.487 e. The molecule has 0 fully saturated rings. The zero-order chi connectivity index (χ0) is 9.47. The lowest BCUT2D eigenvalue weighted by atomic mass is 10.0. The van der Waals surface area contributed by atoms with Crippen LogP contribution < -0.4 is 10.1 Å². The minimum absolute atomic E-state index is 0.0330. The lowest BCUT2D eigenvalue weighted by molar-refractivity contribution is 0.138. The third-order valence-electron chi connectivity index (χ3n) is 2.35. The average molecular weight is 177 g/mol. The maximum atomic E-state index is 5.77. The maximum Gasteiger partial charge on any atom is 0.123 e. The first-order chi connectivity index (χ1) is 6.11. The first kappa shape index (κ1) is 8.42. The van der Waals surface area contributed by atoms with Gasteiger partial charge in [-0.15, -0.1) is 0 Å². The standard InChI is InChI=1S/C11H15NO/c1-11(2)7-8-6-9(12-3)4-5-10(8)13-11/h4-6,12H,7H2,1-3H3. The fourth-order valence-corrected chi connectivity index (χ4v) is 1.77. The van der Waals surface area contributed by atoms with Crippen molar-refractivity contribution in [3.05, 3.63) is 23.8 Å². The summed E-state index contributed by atoms with van der Waals surface area (Å²) in [5.74, 6) is 1.03. The van der Waals surface area contributed by atoms with Crippen LogP contribution in [0.25, 0.3) is 0 Å². The van der Waals surface area contributed by atoms with E-state index in [0.29, 0.717) is 0 Å². The number of anilines is 1. The van der Waals surface area contributed by atoms with Gasteiger partial charge in [0.2, 0.25) is 0 Å². The van der Waals surface area contributed by atoms with Crippen LogP contribution >= 0.6 is 0 Å². The second-order valence-electron chi connectivity index (χ2n) is 4.11. The van der Waals surface area contributed by atoms with Gasteiger partial charge < -0.3 is 10.1 Å². The lowest BCUT2D eigenvalue weighted by Gasteiger charge is -2.16. The predicted molar refractivity (Wildman–Crippen MR) is 54.4 cm³/mol. The van der Waals surface area contributed by atoms with Crippen LogP contribution in [0.5, 0.6) is 5.75 Å². The lowest BCUT2D eigenvalue weighted by Crippen LogP contribution is -2.24. The highest BCUT2D eigenvalue weighted by Gasteiger charge is 2.29. The highest BCUT2D eigenvalue weighted by atomic mass is 16.5. The Morgan fingerprint density at radius 2 is 2.15 bits per heavy atom. The molecule has 2 nitrogen and oxygen atoms in total. The maximum absolute atomic E-state index is 5.77. The third-order valence-corrected chi connectivity index (χ3v) is 2.35. The second kappa shape index (κ2) is 2.66. The topological polar surface area (TPSA) is 21.3 Å². The molecular formula is C11H15NO. The molecule has 2 heteroatoms. The summed E-state index contributed by atoms with van der Waals surface area (Å²) >= 11 is 0. The number of benzene rings is 1. The van der Waals surface area contributed by atoms with Gasteiger partial charge in [0, 0.05) is 24.7 Å². The SMILES string of the molecule is CNc1ccc2c(c1)CC(C)(C)O2. The predicted octanol–water partition coefficient (Wildman–Crippen LogP) is 2.44. The molecule has 1 aliphatic heterocycles. The molecule has 0 unspecified atom stereocenters. The second-order valence-corrected chi connectivity index (χ2v) is 4.11. The van der Waals surface area contributed by atoms with E-state index in [4.69, 9.17) is 4.74 Å². The van der Waals surface area contributed by atoms with Crippen LogP contribution in [-0.2, 0) is 6.42 Å². The van der Waals surface area contributed by atoms with E-state index in [1.54, 1.807) is 0 Å². The Morgan fingerprint density at radius 3 is 2.85 bits per heavy atom. The fraction of sp³-hybridized carbons (Fsp3) is 0.455. The van der Waals surface area contributed by atoms with E-state index in [2.05, 4.69) is 25.2 Å². The fourth-order valence-electron chi connectivity index (χ4n) is 1.77. The van der Waals surface area contributed by atoms with E-state index in [0.717, 1.165) is 17.9 Å². The van der Waals surface area contributed by atoms with Crippen molar-refractivity contribution < 1.29 is 4.74 Å². The summed E-state index contributed by atoms with van der Waals surface area (Å²) in [4.78, 5) is 0. The number of fused-ring (bicyclic) bond motifs is 1. The summed E-state index contributed by atoms with van der Waals surface area (Å²) < 4.78 is 5.77. The number of rotatable bonds is 1. The molecule has 13 heavy (non-hydrogen) atoms. The molecule has 0 radical (unpaired) electrons. The molecule has 70 valence electrons. The van der Waals surface area contributed by atoms with E-state index < -0.39 is 0 Å². The van der Waals surface area contributed by atoms with Gasteiger partial charge in [-0.05, 0) is 32.0 Å². The number of nitrogens with one attached hydrogen (secondary N) is 1. The number of hydrogen-bond donors (Lipinski definition) is 1. The Balaban J connectivity index is 2.36. The molecule has 0 spiro atoms. The Bertz CT molecular complexity index is 331. The van der Waals surface area contributed by atoms with Gasteiger partial charge in [0.25, 0.3) is 0 Å². The summed E-state index contributed by atoms with van der Waals surface area (Å²) in [5.41, 5.74) is 2.42. The van der Waals surface area contributed by atoms with E-state index in [-0.39, 0.29) is 5.60 Å². The molecule has 0 atom stereocenters. The van der Waals surface area contributed by atoms with Crippen molar-refractivity contribution in [3.63, 3.8) is 0 Å². The Kier molecular flexibility index (Phi) is 1.72. The van der Waals surface area contributed by atoms with Crippen LogP contribution in [0.1, 0.15) is 19.4 Å². The van der Waals surface area contributed by atoms with Crippen LogP contribution in [0.15, 0.2) is 18.2 Å². The van der Waals surface area contributed by atoms with Crippen LogP contribution in [0.4, 0.5) is 5.69 Å². The molecule has 0 saturated heterocycles. The van der Waals surface area contributed by atoms with E-state index in [1.807, 2.05) is 19.2 Å². The average Bonchev–Trinajstić information content (AvgIpc) is 2.36. The minimum atomic E-state index is -0.0330. The molecule has 1 aromatic carbocycles. The highest BCUT2D eigenvalue weighted by Crippen LogP contribution is 2.35. The first-order valence-electron chi connectivity index (χ1n) is 4.60. The van der Waals surface area contributed by atoms with Gasteiger partial charge in [-0.1, -0.05) is 0 Å². The molecular weight excluding hydrogens is 162 g/mol. The highest BCUT2D eigenvalue weighted by molar-refractivity contribution is 5.52. The van der Waals surface area contributed by atoms with Gasteiger partial charge in [0.15, 0.2) is 0 Å². The molecule has 0 aliphatic carbocycles. The summed E-state index contributed by atoms with van der Waals surface area (Å²) in [6.45, 7) is 4.23. The largest absolute Gasteiger partial charge is 0.487 e. The van der Waals surface area contributed by atoms with Crippen molar-refractivity contribution >= 4 is 5.69 Å². The molecule has 1 N–H and O–H groups in total. The third kappa shape index (κ3) is 1.48. The monoisotopic (exact) mass is 177 g/mol. The molecule has 0 saturated carbocycles. The molecule has 2 rings (SSSR count). The number of hydrogen-bond acceptors (Lipinski definition) is 2. The molecule has 0 aromatic heterocycles. The summed E-state index contributed by atoms with van der Waals surface area (Å²) in [5, 5.41) is 3.13. The van der Waals surface area contributed by atoms with Crippen molar-refractivity contribution in [2.75, 3.05) is 12.4 Å². The Labute approximate surface area is 78.9 Å². The van der Waals surface area contributed by atoms with E-state index >= 15 is 0 Å². The van der Waals surface area contributed by atoms with Gasteiger partial charge >= 0.3 is 0 Å². The quantitative estimate of drug-likeness (QED) is 0.711. The summed E-state index contributed by atoms with van der Waals surface area (Å²) in [6.07, 6.45) is 0.998. The van der Waals surface area contributed by atoms with Crippen molar-refractivity contribution in [3.8, 4) is 5.75 Å². The Morgan fingerprint density at radius 1 is 1.38 bits per heavy atom. The van der Waals surface area contributed by atoms with Crippen LogP contribution in [0.3, 0.4) is 0 Å². The van der Waals surface area contributed by atoms with Gasteiger partial charge in [0.1, 0.15) is 11.4 Å². The van der Waals surface area contributed by atoms with Gasteiger partial charge in [-0.25, -0.2) is 0 Å². The summed E-state index contributed by atoms with van der Waals surface area (Å²) in [6, 6.07) is 6.24.